The number of benzene rings is 1. The predicted molar refractivity (Wildman–Crippen MR) is 91.1 cm³/mol. The summed E-state index contributed by atoms with van der Waals surface area (Å²) in [5, 5.41) is 0.530. The molecule has 1 fully saturated rings. The number of rotatable bonds is 5. The number of nitrogens with one attached hydrogen (secondary N) is 1. The largest absolute Gasteiger partial charge is 0.476 e. The Kier molecular flexibility index (Phi) is 4.50. The normalized spacial score (nSPS) is 17.4. The van der Waals surface area contributed by atoms with Crippen LogP contribution in [0.4, 0.5) is 5.69 Å². The first-order valence-electron chi connectivity index (χ1n) is 7.72. The molecule has 0 bridgehead atoms. The molecule has 1 aliphatic rings. The van der Waals surface area contributed by atoms with Crippen LogP contribution < -0.4 is 9.64 Å². The lowest BCUT2D eigenvalue weighted by Gasteiger charge is -2.29. The van der Waals surface area contributed by atoms with Crippen molar-refractivity contribution < 1.29 is 17.9 Å². The van der Waals surface area contributed by atoms with Gasteiger partial charge in [0.05, 0.1) is 24.0 Å². The molecule has 1 aromatic heterocycles. The summed E-state index contributed by atoms with van der Waals surface area (Å²) >= 11 is 0. The summed E-state index contributed by atoms with van der Waals surface area (Å²) in [6.45, 7) is 4.73. The molecule has 2 heterocycles. The van der Waals surface area contributed by atoms with Gasteiger partial charge in [-0.1, -0.05) is 18.2 Å². The molecule has 0 radical (unpaired) electrons. The Bertz CT molecular complexity index is 778. The summed E-state index contributed by atoms with van der Waals surface area (Å²) < 4.78 is 34.5. The van der Waals surface area contributed by atoms with Crippen molar-refractivity contribution in [1.29, 1.82) is 0 Å². The standard InChI is InChI=1S/C16H22N2O4S/c1-12(23(2,19)20)11-22-16-15(18-7-9-21-10-8-18)13-5-3-4-6-14(13)17-16/h3-6,12,17H,7-11H2,1-2H3/t12-/m0/s1. The zero-order valence-corrected chi connectivity index (χ0v) is 14.2. The summed E-state index contributed by atoms with van der Waals surface area (Å²) in [4.78, 5) is 5.49. The summed E-state index contributed by atoms with van der Waals surface area (Å²) in [5.74, 6) is 0.628. The fraction of sp³-hybridized carbons (Fsp3) is 0.500. The van der Waals surface area contributed by atoms with E-state index in [0.29, 0.717) is 19.1 Å². The number of aromatic amines is 1. The molecule has 0 aliphatic carbocycles. The van der Waals surface area contributed by atoms with E-state index in [1.165, 1.54) is 6.26 Å². The summed E-state index contributed by atoms with van der Waals surface area (Å²) in [6, 6.07) is 7.99. The Labute approximate surface area is 136 Å². The van der Waals surface area contributed by atoms with E-state index in [1.807, 2.05) is 24.3 Å². The van der Waals surface area contributed by atoms with E-state index < -0.39 is 15.1 Å². The average Bonchev–Trinajstić information content (AvgIpc) is 2.90. The number of fused-ring (bicyclic) bond motifs is 1. The van der Waals surface area contributed by atoms with Crippen LogP contribution in [0.1, 0.15) is 6.92 Å². The van der Waals surface area contributed by atoms with Crippen molar-refractivity contribution in [3.8, 4) is 5.88 Å². The maximum absolute atomic E-state index is 11.6. The first-order valence-corrected chi connectivity index (χ1v) is 9.67. The molecule has 1 saturated heterocycles. The third-order valence-electron chi connectivity index (χ3n) is 4.17. The molecule has 0 spiro atoms. The van der Waals surface area contributed by atoms with E-state index in [9.17, 15) is 8.42 Å². The summed E-state index contributed by atoms with van der Waals surface area (Å²) in [7, 11) is -3.11. The second-order valence-electron chi connectivity index (χ2n) is 5.90. The minimum absolute atomic E-state index is 0.128. The van der Waals surface area contributed by atoms with Gasteiger partial charge in [0.25, 0.3) is 0 Å². The second kappa shape index (κ2) is 6.41. The van der Waals surface area contributed by atoms with Gasteiger partial charge in [0.2, 0.25) is 5.88 Å². The molecule has 1 N–H and O–H groups in total. The highest BCUT2D eigenvalue weighted by Gasteiger charge is 2.23. The number of morpholine rings is 1. The second-order valence-corrected chi connectivity index (χ2v) is 8.36. The van der Waals surface area contributed by atoms with E-state index in [1.54, 1.807) is 6.92 Å². The van der Waals surface area contributed by atoms with Gasteiger partial charge in [-0.25, -0.2) is 8.42 Å². The molecular formula is C16H22N2O4S. The topological polar surface area (TPSA) is 71.6 Å². The summed E-state index contributed by atoms with van der Waals surface area (Å²) in [6.07, 6.45) is 1.23. The highest BCUT2D eigenvalue weighted by atomic mass is 32.2. The molecule has 7 heteroatoms. The first kappa shape index (κ1) is 16.1. The van der Waals surface area contributed by atoms with Crippen molar-refractivity contribution in [3.63, 3.8) is 0 Å². The Hall–Kier alpha value is -1.73. The van der Waals surface area contributed by atoms with Crippen molar-refractivity contribution in [2.45, 2.75) is 12.2 Å². The fourth-order valence-electron chi connectivity index (χ4n) is 2.63. The molecular weight excluding hydrogens is 316 g/mol. The Morgan fingerprint density at radius 1 is 1.30 bits per heavy atom. The Balaban J connectivity index is 1.92. The number of anilines is 1. The van der Waals surface area contributed by atoms with Crippen LogP contribution >= 0.6 is 0 Å². The molecule has 0 saturated carbocycles. The number of sulfone groups is 1. The summed E-state index contributed by atoms with van der Waals surface area (Å²) in [5.41, 5.74) is 1.97. The maximum Gasteiger partial charge on any atom is 0.216 e. The van der Waals surface area contributed by atoms with Crippen LogP contribution in [-0.2, 0) is 14.6 Å². The van der Waals surface area contributed by atoms with Crippen molar-refractivity contribution in [2.24, 2.45) is 0 Å². The molecule has 2 aromatic rings. The van der Waals surface area contributed by atoms with Crippen LogP contribution in [0.3, 0.4) is 0 Å². The number of nitrogens with zero attached hydrogens (tertiary/aromatic N) is 1. The lowest BCUT2D eigenvalue weighted by Crippen LogP contribution is -2.36. The number of ether oxygens (including phenoxy) is 2. The van der Waals surface area contributed by atoms with E-state index >= 15 is 0 Å². The first-order chi connectivity index (χ1) is 11.0. The Morgan fingerprint density at radius 3 is 2.70 bits per heavy atom. The molecule has 0 amide bonds. The quantitative estimate of drug-likeness (QED) is 0.900. The van der Waals surface area contributed by atoms with Gasteiger partial charge in [-0.2, -0.15) is 0 Å². The SMILES string of the molecule is C[C@@H](COc1[nH]c2ccccc2c1N1CCOCC1)S(C)(=O)=O. The van der Waals surface area contributed by atoms with Crippen LogP contribution in [0.25, 0.3) is 10.9 Å². The van der Waals surface area contributed by atoms with Crippen molar-refractivity contribution in [3.05, 3.63) is 24.3 Å². The van der Waals surface area contributed by atoms with E-state index in [0.717, 1.165) is 29.7 Å². The zero-order chi connectivity index (χ0) is 16.4. The van der Waals surface area contributed by atoms with E-state index in [-0.39, 0.29) is 6.61 Å². The molecule has 1 aromatic carbocycles. The van der Waals surface area contributed by atoms with E-state index in [2.05, 4.69) is 9.88 Å². The van der Waals surface area contributed by atoms with Gasteiger partial charge >= 0.3 is 0 Å². The molecule has 0 unspecified atom stereocenters. The van der Waals surface area contributed by atoms with Gasteiger partial charge in [-0.05, 0) is 13.0 Å². The zero-order valence-electron chi connectivity index (χ0n) is 13.4. The van der Waals surface area contributed by atoms with Gasteiger partial charge < -0.3 is 19.4 Å². The van der Waals surface area contributed by atoms with Crippen molar-refractivity contribution in [1.82, 2.24) is 4.98 Å². The van der Waals surface area contributed by atoms with Crippen LogP contribution in [0.5, 0.6) is 5.88 Å². The molecule has 6 nitrogen and oxygen atoms in total. The number of aromatic nitrogens is 1. The van der Waals surface area contributed by atoms with Gasteiger partial charge in [-0.3, -0.25) is 0 Å². The number of para-hydroxylation sites is 1. The molecule has 1 atom stereocenters. The van der Waals surface area contributed by atoms with Gasteiger partial charge in [-0.15, -0.1) is 0 Å². The minimum atomic E-state index is -3.11. The highest BCUT2D eigenvalue weighted by molar-refractivity contribution is 7.91. The van der Waals surface area contributed by atoms with Crippen molar-refractivity contribution in [2.75, 3.05) is 44.1 Å². The molecule has 1 aliphatic heterocycles. The number of hydrogen-bond acceptors (Lipinski definition) is 5. The van der Waals surface area contributed by atoms with Crippen LogP contribution in [0.15, 0.2) is 24.3 Å². The maximum atomic E-state index is 11.6. The third-order valence-corrected chi connectivity index (χ3v) is 5.76. The lowest BCUT2D eigenvalue weighted by atomic mass is 10.2. The monoisotopic (exact) mass is 338 g/mol. The fourth-order valence-corrected chi connectivity index (χ4v) is 2.95. The number of H-pyrrole nitrogens is 1. The van der Waals surface area contributed by atoms with Gasteiger partial charge in [0.15, 0.2) is 9.84 Å². The smallest absolute Gasteiger partial charge is 0.216 e. The molecule has 23 heavy (non-hydrogen) atoms. The van der Waals surface area contributed by atoms with Gasteiger partial charge in [0.1, 0.15) is 12.3 Å². The van der Waals surface area contributed by atoms with Crippen LogP contribution in [0, 0.1) is 0 Å². The van der Waals surface area contributed by atoms with Crippen molar-refractivity contribution >= 4 is 26.4 Å². The predicted octanol–water partition coefficient (Wildman–Crippen LogP) is 1.82. The van der Waals surface area contributed by atoms with E-state index in [4.69, 9.17) is 9.47 Å². The molecule has 126 valence electrons. The average molecular weight is 338 g/mol. The number of hydrogen-bond donors (Lipinski definition) is 1. The lowest BCUT2D eigenvalue weighted by molar-refractivity contribution is 0.122. The minimum Gasteiger partial charge on any atom is -0.476 e. The Morgan fingerprint density at radius 2 is 2.00 bits per heavy atom. The van der Waals surface area contributed by atoms with Crippen LogP contribution in [0.2, 0.25) is 0 Å². The highest BCUT2D eigenvalue weighted by Crippen LogP contribution is 2.37. The van der Waals surface area contributed by atoms with Crippen LogP contribution in [-0.4, -0.2) is 57.8 Å². The molecule has 3 rings (SSSR count). The third kappa shape index (κ3) is 3.45. The van der Waals surface area contributed by atoms with Gasteiger partial charge in [0, 0.05) is 24.7 Å².